The summed E-state index contributed by atoms with van der Waals surface area (Å²) in [7, 11) is 0. The molecule has 15 heteroatoms. The number of hydrogen-bond donors (Lipinski definition) is 2. The third-order valence-corrected chi connectivity index (χ3v) is 6.36. The minimum atomic E-state index is -5.08. The molecule has 3 aliphatic rings. The lowest BCUT2D eigenvalue weighted by molar-refractivity contribution is -0.193. The topological polar surface area (TPSA) is 103 Å². The Hall–Kier alpha value is -1.97. The van der Waals surface area contributed by atoms with E-state index in [-0.39, 0.29) is 0 Å². The number of aliphatic carboxylic acids is 2. The number of carboxylic acid groups (broad SMARTS) is 2. The molecule has 0 spiro atoms. The SMILES string of the molecule is Cc1csc(CN2C[C@@H]3CN(CC4CC4)CCO[C@@H]3C2)n1.O=C(O)C(F)(F)F.O=C(O)C(F)(F)F. The number of likely N-dealkylation sites (tertiary alicyclic amines) is 1. The fraction of sp³-hybridized carbons (Fsp3) is 0.750. The van der Waals surface area contributed by atoms with Gasteiger partial charge in [-0.15, -0.1) is 11.3 Å². The number of alkyl halides is 6. The molecule has 4 rings (SSSR count). The van der Waals surface area contributed by atoms with Gasteiger partial charge in [0.05, 0.1) is 19.3 Å². The van der Waals surface area contributed by atoms with Crippen LogP contribution in [0.5, 0.6) is 0 Å². The maximum atomic E-state index is 10.6. The van der Waals surface area contributed by atoms with E-state index in [0.717, 1.165) is 37.9 Å². The zero-order valence-corrected chi connectivity index (χ0v) is 19.6. The summed E-state index contributed by atoms with van der Waals surface area (Å²) in [5, 5.41) is 17.6. The van der Waals surface area contributed by atoms with Crippen LogP contribution in [0.4, 0.5) is 26.3 Å². The van der Waals surface area contributed by atoms with Gasteiger partial charge in [0.1, 0.15) is 5.01 Å². The molecular formula is C20H27F6N3O5S. The molecule has 0 radical (unpaired) electrons. The Morgan fingerprint density at radius 1 is 1.06 bits per heavy atom. The number of carbonyl (C=O) groups is 2. The highest BCUT2D eigenvalue weighted by atomic mass is 32.1. The molecule has 0 unspecified atom stereocenters. The normalized spacial score (nSPS) is 23.3. The van der Waals surface area contributed by atoms with Gasteiger partial charge in [-0.3, -0.25) is 4.90 Å². The highest BCUT2D eigenvalue weighted by Gasteiger charge is 2.39. The van der Waals surface area contributed by atoms with E-state index in [1.54, 1.807) is 11.3 Å². The number of hydrogen-bond acceptors (Lipinski definition) is 7. The fourth-order valence-electron chi connectivity index (χ4n) is 3.67. The number of rotatable bonds is 4. The molecule has 1 aromatic rings. The van der Waals surface area contributed by atoms with Crippen molar-refractivity contribution in [3.63, 3.8) is 0 Å². The summed E-state index contributed by atoms with van der Waals surface area (Å²) in [6.45, 7) is 9.91. The smallest absolute Gasteiger partial charge is 0.475 e. The Kier molecular flexibility index (Phi) is 10.3. The van der Waals surface area contributed by atoms with E-state index in [1.165, 1.54) is 37.5 Å². The van der Waals surface area contributed by atoms with Gasteiger partial charge in [-0.25, -0.2) is 14.6 Å². The molecule has 0 aromatic carbocycles. The Balaban J connectivity index is 0.000000257. The molecule has 1 aromatic heterocycles. The number of thiazole rings is 1. The lowest BCUT2D eigenvalue weighted by atomic mass is 10.1. The first kappa shape index (κ1) is 29.3. The molecule has 2 saturated heterocycles. The first-order valence-electron chi connectivity index (χ1n) is 10.7. The van der Waals surface area contributed by atoms with Crippen LogP contribution in [0.1, 0.15) is 23.5 Å². The van der Waals surface area contributed by atoms with Gasteiger partial charge in [0, 0.05) is 49.7 Å². The number of fused-ring (bicyclic) bond motifs is 1. The molecular weight excluding hydrogens is 508 g/mol. The van der Waals surface area contributed by atoms with E-state index >= 15 is 0 Å². The van der Waals surface area contributed by atoms with Crippen LogP contribution in [-0.4, -0.2) is 94.7 Å². The molecule has 2 N–H and O–H groups in total. The Bertz CT molecular complexity index is 822. The lowest BCUT2D eigenvalue weighted by Crippen LogP contribution is -2.34. The van der Waals surface area contributed by atoms with Crippen LogP contribution in [0.25, 0.3) is 0 Å². The monoisotopic (exact) mass is 535 g/mol. The molecule has 3 fully saturated rings. The highest BCUT2D eigenvalue weighted by molar-refractivity contribution is 7.09. The van der Waals surface area contributed by atoms with Crippen molar-refractivity contribution in [3.8, 4) is 0 Å². The molecule has 1 aliphatic carbocycles. The third kappa shape index (κ3) is 10.7. The van der Waals surface area contributed by atoms with Crippen LogP contribution < -0.4 is 0 Å². The summed E-state index contributed by atoms with van der Waals surface area (Å²) in [6.07, 6.45) is -6.84. The van der Waals surface area contributed by atoms with Crippen molar-refractivity contribution in [2.45, 2.75) is 44.8 Å². The molecule has 1 saturated carbocycles. The second kappa shape index (κ2) is 12.3. The van der Waals surface area contributed by atoms with Crippen molar-refractivity contribution < 1.29 is 50.9 Å². The summed E-state index contributed by atoms with van der Waals surface area (Å²) < 4.78 is 69.6. The second-order valence-corrected chi connectivity index (χ2v) is 9.50. The van der Waals surface area contributed by atoms with Crippen LogP contribution in [0.3, 0.4) is 0 Å². The second-order valence-electron chi connectivity index (χ2n) is 8.55. The standard InChI is InChI=1S/C16H25N3OS.2C2HF3O2/c1-12-11-21-16(17-12)10-19-8-14-7-18(6-13-2-3-13)4-5-20-15(14)9-19;2*3-2(4,5)1(6)7/h11,13-15H,2-10H2,1H3;2*(H,6,7)/t14-,15+;;/m0../s1. The van der Waals surface area contributed by atoms with E-state index in [0.29, 0.717) is 12.0 Å². The largest absolute Gasteiger partial charge is 0.490 e. The quantitative estimate of drug-likeness (QED) is 0.567. The number of nitrogens with zero attached hydrogens (tertiary/aromatic N) is 3. The summed E-state index contributed by atoms with van der Waals surface area (Å²) in [6, 6.07) is 0. The van der Waals surface area contributed by atoms with Crippen molar-refractivity contribution in [2.75, 3.05) is 39.3 Å². The molecule has 2 aliphatic heterocycles. The predicted molar refractivity (Wildman–Crippen MR) is 112 cm³/mol. The average molecular weight is 536 g/mol. The van der Waals surface area contributed by atoms with Gasteiger partial charge in [0.2, 0.25) is 0 Å². The molecule has 2 atom stereocenters. The fourth-order valence-corrected chi connectivity index (χ4v) is 4.49. The molecule has 0 amide bonds. The van der Waals surface area contributed by atoms with Crippen molar-refractivity contribution in [2.24, 2.45) is 11.8 Å². The van der Waals surface area contributed by atoms with Gasteiger partial charge in [-0.05, 0) is 25.7 Å². The first-order valence-corrected chi connectivity index (χ1v) is 11.6. The van der Waals surface area contributed by atoms with E-state index in [2.05, 4.69) is 27.1 Å². The summed E-state index contributed by atoms with van der Waals surface area (Å²) in [5.74, 6) is -3.84. The maximum Gasteiger partial charge on any atom is 0.490 e. The number of ether oxygens (including phenoxy) is 1. The van der Waals surface area contributed by atoms with Crippen molar-refractivity contribution >= 4 is 23.3 Å². The summed E-state index contributed by atoms with van der Waals surface area (Å²) >= 11 is 1.79. The molecule has 3 heterocycles. The molecule has 0 bridgehead atoms. The van der Waals surface area contributed by atoms with Gasteiger partial charge in [-0.2, -0.15) is 26.3 Å². The molecule has 8 nitrogen and oxygen atoms in total. The highest BCUT2D eigenvalue weighted by Crippen LogP contribution is 2.32. The number of aryl methyl sites for hydroxylation is 1. The van der Waals surface area contributed by atoms with Crippen LogP contribution >= 0.6 is 11.3 Å². The van der Waals surface area contributed by atoms with Crippen LogP contribution in [0.15, 0.2) is 5.38 Å². The predicted octanol–water partition coefficient (Wildman–Crippen LogP) is 3.26. The van der Waals surface area contributed by atoms with Gasteiger partial charge in [0.15, 0.2) is 0 Å². The molecule has 35 heavy (non-hydrogen) atoms. The number of carboxylic acids is 2. The van der Waals surface area contributed by atoms with Gasteiger partial charge < -0.3 is 19.8 Å². The maximum absolute atomic E-state index is 10.6. The summed E-state index contributed by atoms with van der Waals surface area (Å²) in [4.78, 5) is 27.6. The number of halogens is 6. The minimum absolute atomic E-state index is 0.440. The minimum Gasteiger partial charge on any atom is -0.475 e. The van der Waals surface area contributed by atoms with Crippen molar-refractivity contribution in [1.29, 1.82) is 0 Å². The Morgan fingerprint density at radius 2 is 1.60 bits per heavy atom. The van der Waals surface area contributed by atoms with Crippen molar-refractivity contribution in [3.05, 3.63) is 16.1 Å². The average Bonchev–Trinajstić information content (AvgIpc) is 3.38. The Labute approximate surface area is 201 Å². The van der Waals surface area contributed by atoms with Crippen LogP contribution in [0, 0.1) is 18.8 Å². The van der Waals surface area contributed by atoms with Gasteiger partial charge in [0.25, 0.3) is 0 Å². The zero-order valence-electron chi connectivity index (χ0n) is 18.8. The zero-order chi connectivity index (χ0) is 26.4. The van der Waals surface area contributed by atoms with Gasteiger partial charge in [-0.1, -0.05) is 0 Å². The summed E-state index contributed by atoms with van der Waals surface area (Å²) in [5.41, 5.74) is 1.15. The van der Waals surface area contributed by atoms with Crippen LogP contribution in [0.2, 0.25) is 0 Å². The van der Waals surface area contributed by atoms with E-state index in [9.17, 15) is 26.3 Å². The lowest BCUT2D eigenvalue weighted by Gasteiger charge is -2.23. The third-order valence-electron chi connectivity index (χ3n) is 5.41. The van der Waals surface area contributed by atoms with E-state index in [4.69, 9.17) is 24.5 Å². The van der Waals surface area contributed by atoms with Crippen LogP contribution in [-0.2, 0) is 20.9 Å². The van der Waals surface area contributed by atoms with E-state index in [1.807, 2.05) is 0 Å². The molecule has 200 valence electrons. The van der Waals surface area contributed by atoms with Gasteiger partial charge >= 0.3 is 24.3 Å². The Morgan fingerprint density at radius 3 is 2.06 bits per heavy atom. The van der Waals surface area contributed by atoms with Crippen molar-refractivity contribution in [1.82, 2.24) is 14.8 Å². The number of aromatic nitrogens is 1. The first-order chi connectivity index (χ1) is 16.1. The van der Waals surface area contributed by atoms with E-state index < -0.39 is 24.3 Å².